The van der Waals surface area contributed by atoms with E-state index in [9.17, 15) is 9.90 Å². The van der Waals surface area contributed by atoms with Crippen molar-refractivity contribution in [1.29, 1.82) is 0 Å². The van der Waals surface area contributed by atoms with Crippen molar-refractivity contribution in [3.8, 4) is 16.4 Å². The van der Waals surface area contributed by atoms with E-state index in [4.69, 9.17) is 0 Å². The van der Waals surface area contributed by atoms with Crippen LogP contribution in [-0.2, 0) is 0 Å². The summed E-state index contributed by atoms with van der Waals surface area (Å²) in [5, 5.41) is 11.3. The third-order valence-corrected chi connectivity index (χ3v) is 4.71. The maximum absolute atomic E-state index is 11.6. The number of thiazole rings is 1. The second-order valence-electron chi connectivity index (χ2n) is 5.09. The molecule has 0 spiro atoms. The predicted molar refractivity (Wildman–Crippen MR) is 92.7 cm³/mol. The number of hydrogen-bond donors (Lipinski definition) is 1. The molecule has 0 atom stereocenters. The SMILES string of the molecule is O=C(O)c1sc(-n2cbc3ccccc32)nc1-c1ccccc1. The Morgan fingerprint density at radius 2 is 1.83 bits per heavy atom. The molecule has 0 saturated carbocycles. The van der Waals surface area contributed by atoms with Gasteiger partial charge in [-0.05, 0) is 0 Å². The zero-order valence-corrected chi connectivity index (χ0v) is 12.8. The van der Waals surface area contributed by atoms with Crippen molar-refractivity contribution in [2.24, 2.45) is 0 Å². The van der Waals surface area contributed by atoms with Crippen molar-refractivity contribution in [2.45, 2.75) is 0 Å². The summed E-state index contributed by atoms with van der Waals surface area (Å²) < 4.78 is 1.93. The van der Waals surface area contributed by atoms with Gasteiger partial charge in [0.15, 0.2) is 0 Å². The molecule has 0 bridgehead atoms. The molecule has 2 heterocycles. The third kappa shape index (κ3) is 2.37. The Morgan fingerprint density at radius 1 is 1.09 bits per heavy atom. The number of carbonyl (C=O) groups is 1. The van der Waals surface area contributed by atoms with Crippen LogP contribution in [0.15, 0.2) is 60.7 Å². The van der Waals surface area contributed by atoms with Crippen molar-refractivity contribution in [1.82, 2.24) is 9.55 Å². The number of para-hydroxylation sites is 1. The molecule has 0 amide bonds. The van der Waals surface area contributed by atoms with Crippen LogP contribution in [0.25, 0.3) is 27.2 Å². The predicted octanol–water partition coefficient (Wildman–Crippen LogP) is 3.79. The summed E-state index contributed by atoms with van der Waals surface area (Å²) in [6, 6.07) is 17.4. The number of fused-ring (bicyclic) bond motifs is 1. The molecule has 4 rings (SSSR count). The average Bonchev–Trinajstić information content (AvgIpc) is 3.19. The standard InChI is InChI=1S/C17H11BN2O2S/c21-16(22)15-14(11-6-2-1-3-7-11)19-17(23-15)20-10-18-12-8-4-5-9-13(12)20/h1-10H,(H,21,22). The van der Waals surface area contributed by atoms with Gasteiger partial charge in [0.25, 0.3) is 0 Å². The van der Waals surface area contributed by atoms with Gasteiger partial charge in [0.05, 0.1) is 0 Å². The van der Waals surface area contributed by atoms with E-state index in [2.05, 4.69) is 4.98 Å². The average molecular weight is 318 g/mol. The van der Waals surface area contributed by atoms with Gasteiger partial charge in [-0.25, -0.2) is 0 Å². The number of hydrogen-bond acceptors (Lipinski definition) is 3. The van der Waals surface area contributed by atoms with E-state index >= 15 is 0 Å². The van der Waals surface area contributed by atoms with Gasteiger partial charge in [-0.1, -0.05) is 0 Å². The first-order chi connectivity index (χ1) is 11.2. The van der Waals surface area contributed by atoms with Crippen molar-refractivity contribution in [2.75, 3.05) is 0 Å². The molecule has 0 saturated heterocycles. The van der Waals surface area contributed by atoms with Crippen LogP contribution in [0.1, 0.15) is 9.67 Å². The molecule has 110 valence electrons. The zero-order valence-electron chi connectivity index (χ0n) is 12.0. The summed E-state index contributed by atoms with van der Waals surface area (Å²) in [5.41, 5.74) is 2.33. The summed E-state index contributed by atoms with van der Waals surface area (Å²) in [5.74, 6) is -0.955. The number of benzene rings is 2. The molecule has 0 aliphatic rings. The minimum atomic E-state index is -0.955. The number of aromatic nitrogens is 2. The summed E-state index contributed by atoms with van der Waals surface area (Å²) in [6.07, 6.45) is 1.92. The van der Waals surface area contributed by atoms with Crippen LogP contribution >= 0.6 is 11.3 Å². The molecule has 4 nitrogen and oxygen atoms in total. The Kier molecular flexibility index (Phi) is 3.31. The van der Waals surface area contributed by atoms with Crippen molar-refractivity contribution < 1.29 is 9.90 Å². The van der Waals surface area contributed by atoms with Gasteiger partial charge in [-0.2, -0.15) is 0 Å². The number of nitrogens with zero attached hydrogens (tertiary/aromatic N) is 2. The fourth-order valence-electron chi connectivity index (χ4n) is 2.60. The van der Waals surface area contributed by atoms with Crippen LogP contribution < -0.4 is 0 Å². The fraction of sp³-hybridized carbons (Fsp3) is 0. The summed E-state index contributed by atoms with van der Waals surface area (Å²) in [6.45, 7) is 2.00. The monoisotopic (exact) mass is 318 g/mol. The Morgan fingerprint density at radius 3 is 2.61 bits per heavy atom. The number of rotatable bonds is 3. The molecule has 0 unspecified atom stereocenters. The molecule has 23 heavy (non-hydrogen) atoms. The van der Waals surface area contributed by atoms with Crippen LogP contribution in [0.3, 0.4) is 0 Å². The molecule has 2 aromatic heterocycles. The molecule has 4 aromatic rings. The van der Waals surface area contributed by atoms with Gasteiger partial charge < -0.3 is 0 Å². The molecule has 0 aliphatic carbocycles. The number of carboxylic acids is 1. The van der Waals surface area contributed by atoms with E-state index in [-0.39, 0.29) is 4.88 Å². The summed E-state index contributed by atoms with van der Waals surface area (Å²) >= 11 is 1.19. The van der Waals surface area contributed by atoms with Crippen LogP contribution in [0.2, 0.25) is 0 Å². The van der Waals surface area contributed by atoms with Gasteiger partial charge in [0.1, 0.15) is 0 Å². The van der Waals surface area contributed by atoms with Gasteiger partial charge in [0, 0.05) is 0 Å². The Labute approximate surface area is 136 Å². The van der Waals surface area contributed by atoms with E-state index < -0.39 is 5.97 Å². The molecule has 6 heteroatoms. The Hall–Kier alpha value is -2.73. The number of carboxylic acid groups (broad SMARTS) is 1. The maximum atomic E-state index is 11.6. The van der Waals surface area contributed by atoms with Crippen LogP contribution in [0.4, 0.5) is 0 Å². The van der Waals surface area contributed by atoms with Gasteiger partial charge in [-0.3, -0.25) is 0 Å². The molecular weight excluding hydrogens is 307 g/mol. The van der Waals surface area contributed by atoms with E-state index in [0.29, 0.717) is 10.8 Å². The van der Waals surface area contributed by atoms with E-state index in [1.165, 1.54) is 11.3 Å². The second-order valence-corrected chi connectivity index (χ2v) is 6.07. The van der Waals surface area contributed by atoms with Crippen LogP contribution in [-0.4, -0.2) is 27.5 Å². The summed E-state index contributed by atoms with van der Waals surface area (Å²) in [4.78, 5) is 16.5. The van der Waals surface area contributed by atoms with E-state index in [0.717, 1.165) is 16.4 Å². The van der Waals surface area contributed by atoms with Gasteiger partial charge >= 0.3 is 136 Å². The van der Waals surface area contributed by atoms with E-state index in [1.807, 2.05) is 72.2 Å². The molecule has 0 aliphatic heterocycles. The van der Waals surface area contributed by atoms with Crippen molar-refractivity contribution in [3.63, 3.8) is 0 Å². The van der Waals surface area contributed by atoms with Crippen LogP contribution in [0, 0.1) is 0 Å². The minimum absolute atomic E-state index is 0.254. The van der Waals surface area contributed by atoms with Gasteiger partial charge in [-0.15, -0.1) is 0 Å². The fourth-order valence-corrected chi connectivity index (χ4v) is 3.52. The van der Waals surface area contributed by atoms with Crippen molar-refractivity contribution >= 4 is 35.0 Å². The molecule has 2 aromatic carbocycles. The normalized spacial score (nSPS) is 10.8. The third-order valence-electron chi connectivity index (χ3n) is 3.66. The van der Waals surface area contributed by atoms with E-state index in [1.54, 1.807) is 0 Å². The topological polar surface area (TPSA) is 55.1 Å². The number of aromatic carboxylic acids is 1. The van der Waals surface area contributed by atoms with Crippen molar-refractivity contribution in [3.05, 3.63) is 65.6 Å². The summed E-state index contributed by atoms with van der Waals surface area (Å²) in [7, 11) is 0. The second kappa shape index (κ2) is 5.48. The zero-order chi connectivity index (χ0) is 15.8. The quantitative estimate of drug-likeness (QED) is 0.625. The van der Waals surface area contributed by atoms with Crippen LogP contribution in [0.5, 0.6) is 0 Å². The molecular formula is C17H11BN2O2S. The molecule has 0 fully saturated rings. The Balaban J connectivity index is 1.93. The first-order valence-electron chi connectivity index (χ1n) is 7.10. The molecule has 0 radical (unpaired) electrons. The Bertz CT molecular complexity index is 1010. The molecule has 1 N–H and O–H groups in total. The van der Waals surface area contributed by atoms with Gasteiger partial charge in [0.2, 0.25) is 0 Å². The first kappa shape index (κ1) is 13.9. The first-order valence-corrected chi connectivity index (χ1v) is 7.92.